The van der Waals surface area contributed by atoms with Crippen molar-refractivity contribution in [2.45, 2.75) is 56.1 Å². The summed E-state index contributed by atoms with van der Waals surface area (Å²) in [6.45, 7) is 2.53. The number of amides is 2. The second-order valence-corrected chi connectivity index (χ2v) is 12.2. The maximum absolute atomic E-state index is 14.8. The number of urea groups is 1. The molecule has 11 heteroatoms. The number of carbonyl (C=O) groups excluding carboxylic acids is 1. The van der Waals surface area contributed by atoms with Crippen LogP contribution in [-0.4, -0.2) is 37.4 Å². The first-order valence-corrected chi connectivity index (χ1v) is 14.6. The van der Waals surface area contributed by atoms with E-state index >= 15 is 0 Å². The van der Waals surface area contributed by atoms with Gasteiger partial charge in [0.25, 0.3) is 10.0 Å². The molecule has 1 aliphatic carbocycles. The Bertz CT molecular complexity index is 1580. The van der Waals surface area contributed by atoms with Crippen LogP contribution in [0.3, 0.4) is 0 Å². The number of anilines is 1. The summed E-state index contributed by atoms with van der Waals surface area (Å²) >= 11 is 0. The van der Waals surface area contributed by atoms with E-state index in [1.807, 2.05) is 6.07 Å². The summed E-state index contributed by atoms with van der Waals surface area (Å²) in [4.78, 5) is 19.4. The van der Waals surface area contributed by atoms with Crippen LogP contribution >= 0.6 is 0 Å². The Morgan fingerprint density at radius 3 is 2.69 bits per heavy atom. The lowest BCUT2D eigenvalue weighted by atomic mass is 9.80. The highest BCUT2D eigenvalue weighted by Crippen LogP contribution is 2.39. The van der Waals surface area contributed by atoms with Crippen LogP contribution in [0.5, 0.6) is 0 Å². The average Bonchev–Trinajstić information content (AvgIpc) is 3.18. The predicted octanol–water partition coefficient (Wildman–Crippen LogP) is 4.90. The quantitative estimate of drug-likeness (QED) is 0.448. The summed E-state index contributed by atoms with van der Waals surface area (Å²) in [5.41, 5.74) is 2.65. The molecule has 0 unspecified atom stereocenters. The van der Waals surface area contributed by atoms with Gasteiger partial charge >= 0.3 is 6.03 Å². The van der Waals surface area contributed by atoms with Gasteiger partial charge in [-0.2, -0.15) is 13.7 Å². The minimum atomic E-state index is -4.30. The fourth-order valence-electron chi connectivity index (χ4n) is 5.79. The van der Waals surface area contributed by atoms with Crippen LogP contribution in [-0.2, 0) is 23.0 Å². The lowest BCUT2D eigenvalue weighted by Crippen LogP contribution is -2.35. The number of piperidine rings is 1. The third kappa shape index (κ3) is 5.14. The Balaban J connectivity index is 1.30. The van der Waals surface area contributed by atoms with Gasteiger partial charge in [0.05, 0.1) is 5.69 Å². The summed E-state index contributed by atoms with van der Waals surface area (Å²) in [6, 6.07) is 8.23. The molecule has 5 heterocycles. The van der Waals surface area contributed by atoms with Gasteiger partial charge in [0, 0.05) is 35.9 Å². The zero-order valence-electron chi connectivity index (χ0n) is 21.2. The third-order valence-corrected chi connectivity index (χ3v) is 9.19. The average molecular weight is 550 g/mol. The third-order valence-electron chi connectivity index (χ3n) is 8.01. The molecule has 7 rings (SSSR count). The number of aromatic nitrogens is 1. The Labute approximate surface area is 226 Å². The van der Waals surface area contributed by atoms with E-state index in [4.69, 9.17) is 4.42 Å². The summed E-state index contributed by atoms with van der Waals surface area (Å²) < 4.78 is 49.0. The smallest absolute Gasteiger partial charge is 0.333 e. The lowest BCUT2D eigenvalue weighted by Gasteiger charge is -2.27. The topological polar surface area (TPSA) is 128 Å². The number of halogens is 1. The van der Waals surface area contributed by atoms with Crippen molar-refractivity contribution in [3.05, 3.63) is 64.9 Å². The van der Waals surface area contributed by atoms with Gasteiger partial charge in [-0.15, -0.1) is 0 Å². The highest BCUT2D eigenvalue weighted by Gasteiger charge is 2.34. The van der Waals surface area contributed by atoms with E-state index in [0.29, 0.717) is 47.0 Å². The molecule has 2 aromatic heterocycles. The second kappa shape index (κ2) is 10.1. The fourth-order valence-corrected chi connectivity index (χ4v) is 6.68. The SMILES string of the molecule is N#Cc1cc(-c2cc(F)cc(CC3CCC3)c2NC(=O)NS(=O)(=O)c2cc3c(o2)C2CCN(CC2)C3)ccn1. The van der Waals surface area contributed by atoms with Crippen LogP contribution in [0.2, 0.25) is 0 Å². The number of nitriles is 1. The van der Waals surface area contributed by atoms with E-state index in [-0.39, 0.29) is 16.7 Å². The van der Waals surface area contributed by atoms with E-state index in [1.54, 1.807) is 6.07 Å². The van der Waals surface area contributed by atoms with Gasteiger partial charge in [0.2, 0.25) is 5.09 Å². The van der Waals surface area contributed by atoms with Crippen LogP contribution in [0.15, 0.2) is 46.0 Å². The Hall–Kier alpha value is -3.75. The fraction of sp³-hybridized carbons (Fsp3) is 0.393. The molecule has 3 aliphatic heterocycles. The van der Waals surface area contributed by atoms with Crippen molar-refractivity contribution in [3.63, 3.8) is 0 Å². The zero-order chi connectivity index (χ0) is 27.1. The molecule has 39 heavy (non-hydrogen) atoms. The number of sulfonamides is 1. The number of nitrogens with one attached hydrogen (secondary N) is 2. The van der Waals surface area contributed by atoms with Gasteiger partial charge in [-0.3, -0.25) is 4.90 Å². The van der Waals surface area contributed by atoms with Crippen LogP contribution in [0, 0.1) is 23.1 Å². The predicted molar refractivity (Wildman–Crippen MR) is 141 cm³/mol. The van der Waals surface area contributed by atoms with Crippen molar-refractivity contribution in [2.75, 3.05) is 18.4 Å². The van der Waals surface area contributed by atoms with Crippen molar-refractivity contribution in [2.24, 2.45) is 5.92 Å². The summed E-state index contributed by atoms with van der Waals surface area (Å²) in [5.74, 6) is 0.718. The molecule has 202 valence electrons. The van der Waals surface area contributed by atoms with Crippen LogP contribution in [0.25, 0.3) is 11.1 Å². The number of pyridine rings is 1. The number of nitrogens with zero attached hydrogens (tertiary/aromatic N) is 3. The van der Waals surface area contributed by atoms with Crippen LogP contribution < -0.4 is 10.0 Å². The number of hydrogen-bond donors (Lipinski definition) is 2. The van der Waals surface area contributed by atoms with Crippen molar-refractivity contribution in [1.82, 2.24) is 14.6 Å². The summed E-state index contributed by atoms with van der Waals surface area (Å²) in [7, 11) is -4.30. The molecule has 1 aromatic carbocycles. The molecule has 2 amide bonds. The van der Waals surface area contributed by atoms with E-state index < -0.39 is 21.9 Å². The summed E-state index contributed by atoms with van der Waals surface area (Å²) in [6.07, 6.45) is 6.88. The Morgan fingerprint density at radius 2 is 1.97 bits per heavy atom. The minimum absolute atomic E-state index is 0.137. The highest BCUT2D eigenvalue weighted by atomic mass is 32.2. The molecule has 1 saturated heterocycles. The van der Waals surface area contributed by atoms with E-state index in [0.717, 1.165) is 50.8 Å². The number of hydrogen-bond acceptors (Lipinski definition) is 7. The highest BCUT2D eigenvalue weighted by molar-refractivity contribution is 7.89. The zero-order valence-corrected chi connectivity index (χ0v) is 22.1. The van der Waals surface area contributed by atoms with Gasteiger partial charge in [0.1, 0.15) is 23.3 Å². The van der Waals surface area contributed by atoms with Crippen molar-refractivity contribution in [1.29, 1.82) is 5.26 Å². The number of benzene rings is 1. The molecular formula is C28H28FN5O4S. The number of carbonyl (C=O) groups is 1. The molecule has 2 N–H and O–H groups in total. The van der Waals surface area contributed by atoms with Crippen LogP contribution in [0.4, 0.5) is 14.9 Å². The van der Waals surface area contributed by atoms with E-state index in [2.05, 4.69) is 19.9 Å². The number of fused-ring (bicyclic) bond motifs is 2. The molecule has 0 radical (unpaired) electrons. The first kappa shape index (κ1) is 25.5. The van der Waals surface area contributed by atoms with E-state index in [9.17, 15) is 22.9 Å². The monoisotopic (exact) mass is 549 g/mol. The van der Waals surface area contributed by atoms with Gasteiger partial charge in [-0.1, -0.05) is 19.3 Å². The first-order chi connectivity index (χ1) is 18.8. The standard InChI is InChI=1S/C28H28FN5O4S/c29-22-11-20(10-17-2-1-3-17)26(24(14-22)19-4-7-31-23(12-19)15-30)32-28(35)33-39(36,37)25-13-21-16-34-8-5-18(6-9-34)27(21)38-25/h4,7,11-14,17-18H,1-3,5-6,8-10,16H2,(H2,32,33,35). The maximum Gasteiger partial charge on any atom is 0.333 e. The number of rotatable bonds is 6. The maximum atomic E-state index is 14.8. The molecule has 2 fully saturated rings. The molecule has 1 saturated carbocycles. The second-order valence-electron chi connectivity index (χ2n) is 10.6. The molecule has 9 nitrogen and oxygen atoms in total. The summed E-state index contributed by atoms with van der Waals surface area (Å²) in [5, 5.41) is 11.7. The molecular weight excluding hydrogens is 521 g/mol. The van der Waals surface area contributed by atoms with Crippen molar-refractivity contribution < 1.29 is 22.0 Å². The van der Waals surface area contributed by atoms with E-state index in [1.165, 1.54) is 30.5 Å². The Kier molecular flexibility index (Phi) is 6.61. The van der Waals surface area contributed by atoms with Crippen molar-refractivity contribution >= 4 is 21.7 Å². The van der Waals surface area contributed by atoms with Gasteiger partial charge in [-0.05, 0) is 73.7 Å². The number of furan rings is 1. The molecule has 2 bridgehead atoms. The van der Waals surface area contributed by atoms with Crippen LogP contribution in [0.1, 0.15) is 60.6 Å². The largest absolute Gasteiger partial charge is 0.447 e. The molecule has 0 spiro atoms. The molecule has 3 aromatic rings. The van der Waals surface area contributed by atoms with Crippen molar-refractivity contribution in [3.8, 4) is 17.2 Å². The van der Waals surface area contributed by atoms with Gasteiger partial charge < -0.3 is 9.73 Å². The first-order valence-electron chi connectivity index (χ1n) is 13.2. The molecule has 0 atom stereocenters. The molecule has 4 aliphatic rings. The lowest BCUT2D eigenvalue weighted by molar-refractivity contribution is 0.212. The van der Waals surface area contributed by atoms with Gasteiger partial charge in [-0.25, -0.2) is 18.9 Å². The minimum Gasteiger partial charge on any atom is -0.447 e. The Morgan fingerprint density at radius 1 is 1.18 bits per heavy atom. The normalized spacial score (nSPS) is 20.4. The van der Waals surface area contributed by atoms with Gasteiger partial charge in [0.15, 0.2) is 0 Å².